The average molecular weight is 256 g/mol. The van der Waals surface area contributed by atoms with Crippen LogP contribution in [-0.2, 0) is 0 Å². The quantitative estimate of drug-likeness (QED) is 0.501. The van der Waals surface area contributed by atoms with E-state index in [1.807, 2.05) is 0 Å². The molecule has 1 fully saturated rings. The van der Waals surface area contributed by atoms with E-state index < -0.39 is 0 Å². The maximum Gasteiger partial charge on any atom is -0.00116 e. The molecule has 3 atom stereocenters. The molecule has 102 valence electrons. The van der Waals surface area contributed by atoms with Crippen LogP contribution in [0.2, 0.25) is 0 Å². The fraction of sp³-hybridized carbons (Fsp3) is 1.00. The number of hydrogen-bond acceptors (Lipinski definition) is 1. The highest BCUT2D eigenvalue weighted by Gasteiger charge is 2.51. The van der Waals surface area contributed by atoms with Crippen molar-refractivity contribution in [2.75, 3.05) is 0 Å². The summed E-state index contributed by atoms with van der Waals surface area (Å²) in [5.74, 6) is 1.93. The maximum absolute atomic E-state index is 4.50. The first kappa shape index (κ1) is 15.4. The van der Waals surface area contributed by atoms with Crippen LogP contribution >= 0.6 is 12.6 Å². The Balaban J connectivity index is 2.34. The molecule has 1 saturated carbocycles. The molecule has 17 heavy (non-hydrogen) atoms. The summed E-state index contributed by atoms with van der Waals surface area (Å²) in [6.07, 6.45) is 11.4. The summed E-state index contributed by atoms with van der Waals surface area (Å²) in [6, 6.07) is 0. The Morgan fingerprint density at radius 2 is 1.88 bits per heavy atom. The van der Waals surface area contributed by atoms with Gasteiger partial charge in [-0.2, -0.15) is 12.6 Å². The summed E-state index contributed by atoms with van der Waals surface area (Å²) in [6.45, 7) is 9.28. The summed E-state index contributed by atoms with van der Waals surface area (Å²) < 4.78 is 0. The SMILES string of the molecule is CCCC1CC1(CCCC(C)S)CCC(C)C. The first-order valence-corrected chi connectivity index (χ1v) is 8.20. The van der Waals surface area contributed by atoms with E-state index in [2.05, 4.69) is 40.3 Å². The topological polar surface area (TPSA) is 0 Å². The van der Waals surface area contributed by atoms with Gasteiger partial charge in [-0.15, -0.1) is 0 Å². The van der Waals surface area contributed by atoms with E-state index in [-0.39, 0.29) is 0 Å². The fourth-order valence-electron chi connectivity index (χ4n) is 3.25. The lowest BCUT2D eigenvalue weighted by molar-refractivity contribution is 0.330. The van der Waals surface area contributed by atoms with Gasteiger partial charge < -0.3 is 0 Å². The van der Waals surface area contributed by atoms with Crippen LogP contribution in [0.15, 0.2) is 0 Å². The van der Waals surface area contributed by atoms with E-state index in [0.29, 0.717) is 5.25 Å². The molecule has 0 saturated heterocycles. The third-order valence-corrected chi connectivity index (χ3v) is 4.77. The fourth-order valence-corrected chi connectivity index (χ4v) is 3.43. The zero-order valence-electron chi connectivity index (χ0n) is 12.3. The Morgan fingerprint density at radius 1 is 1.18 bits per heavy atom. The van der Waals surface area contributed by atoms with Crippen LogP contribution in [0.5, 0.6) is 0 Å². The van der Waals surface area contributed by atoms with Gasteiger partial charge in [-0.1, -0.05) is 53.4 Å². The Labute approximate surface area is 114 Å². The van der Waals surface area contributed by atoms with Crippen LogP contribution < -0.4 is 0 Å². The second-order valence-electron chi connectivity index (χ2n) is 6.73. The highest BCUT2D eigenvalue weighted by Crippen LogP contribution is 2.61. The third-order valence-electron chi connectivity index (χ3n) is 4.51. The molecule has 0 heterocycles. The zero-order valence-corrected chi connectivity index (χ0v) is 13.2. The summed E-state index contributed by atoms with van der Waals surface area (Å²) in [7, 11) is 0. The molecule has 0 N–H and O–H groups in total. The molecule has 3 unspecified atom stereocenters. The van der Waals surface area contributed by atoms with E-state index in [4.69, 9.17) is 0 Å². The van der Waals surface area contributed by atoms with Crippen LogP contribution in [0.4, 0.5) is 0 Å². The van der Waals surface area contributed by atoms with Crippen molar-refractivity contribution in [1.29, 1.82) is 0 Å². The molecule has 0 amide bonds. The maximum atomic E-state index is 4.50. The van der Waals surface area contributed by atoms with Gasteiger partial charge in [0.05, 0.1) is 0 Å². The number of rotatable bonds is 9. The Bertz CT molecular complexity index is 210. The number of thiol groups is 1. The van der Waals surface area contributed by atoms with Crippen molar-refractivity contribution in [3.8, 4) is 0 Å². The van der Waals surface area contributed by atoms with Crippen LogP contribution in [-0.4, -0.2) is 5.25 Å². The smallest absolute Gasteiger partial charge is 0.00116 e. The normalized spacial score (nSPS) is 29.6. The summed E-state index contributed by atoms with van der Waals surface area (Å²) in [4.78, 5) is 0. The van der Waals surface area contributed by atoms with Crippen molar-refractivity contribution >= 4 is 12.6 Å². The lowest BCUT2D eigenvalue weighted by Gasteiger charge is -2.19. The van der Waals surface area contributed by atoms with E-state index >= 15 is 0 Å². The summed E-state index contributed by atoms with van der Waals surface area (Å²) in [5.41, 5.74) is 0.753. The molecular formula is C16H32S. The molecule has 0 radical (unpaired) electrons. The first-order valence-electron chi connectivity index (χ1n) is 7.68. The van der Waals surface area contributed by atoms with Crippen LogP contribution in [0.25, 0.3) is 0 Å². The van der Waals surface area contributed by atoms with E-state index in [0.717, 1.165) is 17.3 Å². The van der Waals surface area contributed by atoms with Gasteiger partial charge in [0.25, 0.3) is 0 Å². The van der Waals surface area contributed by atoms with Gasteiger partial charge in [-0.05, 0) is 48.2 Å². The van der Waals surface area contributed by atoms with Gasteiger partial charge in [0.15, 0.2) is 0 Å². The lowest BCUT2D eigenvalue weighted by Crippen LogP contribution is -2.07. The summed E-state index contributed by atoms with van der Waals surface area (Å²) >= 11 is 4.50. The van der Waals surface area contributed by atoms with E-state index in [1.54, 1.807) is 0 Å². The molecule has 0 aromatic carbocycles. The van der Waals surface area contributed by atoms with Crippen molar-refractivity contribution < 1.29 is 0 Å². The van der Waals surface area contributed by atoms with Crippen molar-refractivity contribution in [2.24, 2.45) is 17.3 Å². The minimum atomic E-state index is 0.584. The van der Waals surface area contributed by atoms with Gasteiger partial charge in [0, 0.05) is 0 Å². The molecule has 1 rings (SSSR count). The van der Waals surface area contributed by atoms with Crippen LogP contribution in [0, 0.1) is 17.3 Å². The third kappa shape index (κ3) is 5.24. The standard InChI is InChI=1S/C16H32S/c1-5-7-15-12-16(15,11-9-13(2)3)10-6-8-14(4)17/h13-15,17H,5-12H2,1-4H3. The molecule has 1 aliphatic carbocycles. The van der Waals surface area contributed by atoms with Gasteiger partial charge in [-0.25, -0.2) is 0 Å². The van der Waals surface area contributed by atoms with Crippen molar-refractivity contribution in [1.82, 2.24) is 0 Å². The number of hydrogen-bond donors (Lipinski definition) is 1. The van der Waals surface area contributed by atoms with Crippen molar-refractivity contribution in [3.05, 3.63) is 0 Å². The Kier molecular flexibility index (Phi) is 6.40. The molecule has 0 aromatic rings. The van der Waals surface area contributed by atoms with Crippen molar-refractivity contribution in [2.45, 2.75) is 84.3 Å². The highest BCUT2D eigenvalue weighted by molar-refractivity contribution is 7.80. The van der Waals surface area contributed by atoms with Gasteiger partial charge in [-0.3, -0.25) is 0 Å². The molecular weight excluding hydrogens is 224 g/mol. The second-order valence-corrected chi connectivity index (χ2v) is 7.61. The minimum absolute atomic E-state index is 0.584. The molecule has 0 spiro atoms. The Hall–Kier alpha value is 0.350. The first-order chi connectivity index (χ1) is 8.00. The average Bonchev–Trinajstić information content (AvgIpc) is 2.90. The van der Waals surface area contributed by atoms with Gasteiger partial charge in [0.1, 0.15) is 0 Å². The minimum Gasteiger partial charge on any atom is -0.176 e. The van der Waals surface area contributed by atoms with Crippen molar-refractivity contribution in [3.63, 3.8) is 0 Å². The van der Waals surface area contributed by atoms with E-state index in [9.17, 15) is 0 Å². The van der Waals surface area contributed by atoms with Crippen LogP contribution in [0.3, 0.4) is 0 Å². The molecule has 1 heteroatoms. The lowest BCUT2D eigenvalue weighted by atomic mass is 9.87. The molecule has 0 aromatic heterocycles. The molecule has 1 aliphatic rings. The molecule has 0 nitrogen and oxygen atoms in total. The van der Waals surface area contributed by atoms with Gasteiger partial charge >= 0.3 is 0 Å². The molecule has 0 aliphatic heterocycles. The van der Waals surface area contributed by atoms with E-state index in [1.165, 1.54) is 51.4 Å². The summed E-state index contributed by atoms with van der Waals surface area (Å²) in [5, 5.41) is 0.584. The zero-order chi connectivity index (χ0) is 12.9. The monoisotopic (exact) mass is 256 g/mol. The van der Waals surface area contributed by atoms with Crippen LogP contribution in [0.1, 0.15) is 79.1 Å². The second kappa shape index (κ2) is 7.07. The Morgan fingerprint density at radius 3 is 2.41 bits per heavy atom. The predicted molar refractivity (Wildman–Crippen MR) is 81.8 cm³/mol. The highest BCUT2D eigenvalue weighted by atomic mass is 32.1. The molecule has 0 bridgehead atoms. The largest absolute Gasteiger partial charge is 0.176 e. The van der Waals surface area contributed by atoms with Gasteiger partial charge in [0.2, 0.25) is 0 Å². The predicted octanol–water partition coefficient (Wildman–Crippen LogP) is 5.72.